The molecule has 0 amide bonds. The lowest BCUT2D eigenvalue weighted by atomic mass is 10.1. The molecule has 1 N–H and O–H groups in total. The summed E-state index contributed by atoms with van der Waals surface area (Å²) in [6.45, 7) is 5.24. The van der Waals surface area contributed by atoms with Crippen LogP contribution < -0.4 is 5.32 Å². The van der Waals surface area contributed by atoms with Gasteiger partial charge in [0.2, 0.25) is 0 Å². The SMILES string of the molecule is Cc1ncncc1C(C)Nc1ccc(-c2cn3c(n2)CCCC3)cc1. The average Bonchev–Trinajstić information content (AvgIpc) is 3.07. The van der Waals surface area contributed by atoms with E-state index >= 15 is 0 Å². The quantitative estimate of drug-likeness (QED) is 0.779. The van der Waals surface area contributed by atoms with Crippen LogP contribution in [-0.2, 0) is 13.0 Å². The maximum atomic E-state index is 4.80. The first-order chi connectivity index (χ1) is 12.2. The smallest absolute Gasteiger partial charge is 0.115 e. The van der Waals surface area contributed by atoms with Gasteiger partial charge in [0.15, 0.2) is 0 Å². The minimum Gasteiger partial charge on any atom is -0.378 e. The van der Waals surface area contributed by atoms with E-state index < -0.39 is 0 Å². The van der Waals surface area contributed by atoms with Gasteiger partial charge in [-0.15, -0.1) is 0 Å². The summed E-state index contributed by atoms with van der Waals surface area (Å²) in [6.07, 6.45) is 9.25. The van der Waals surface area contributed by atoms with Crippen molar-refractivity contribution in [2.75, 3.05) is 5.32 Å². The van der Waals surface area contributed by atoms with Gasteiger partial charge in [-0.3, -0.25) is 0 Å². The average molecular weight is 333 g/mol. The second kappa shape index (κ2) is 6.67. The van der Waals surface area contributed by atoms with Crippen molar-refractivity contribution < 1.29 is 0 Å². The Morgan fingerprint density at radius 1 is 1.16 bits per heavy atom. The van der Waals surface area contributed by atoms with Crippen molar-refractivity contribution in [2.24, 2.45) is 0 Å². The minimum atomic E-state index is 0.159. The third-order valence-electron chi connectivity index (χ3n) is 4.89. The molecule has 0 bridgehead atoms. The summed E-state index contributed by atoms with van der Waals surface area (Å²) in [4.78, 5) is 13.2. The Bertz CT molecular complexity index is 843. The Balaban J connectivity index is 1.50. The van der Waals surface area contributed by atoms with E-state index in [1.807, 2.05) is 13.1 Å². The normalized spacial score (nSPS) is 14.8. The van der Waals surface area contributed by atoms with Gasteiger partial charge in [-0.25, -0.2) is 15.0 Å². The molecule has 5 nitrogen and oxygen atoms in total. The molecule has 1 unspecified atom stereocenters. The van der Waals surface area contributed by atoms with Gasteiger partial charge < -0.3 is 9.88 Å². The Kier molecular flexibility index (Phi) is 4.22. The molecule has 1 aliphatic rings. The van der Waals surface area contributed by atoms with Crippen LogP contribution in [0.2, 0.25) is 0 Å². The van der Waals surface area contributed by atoms with Gasteiger partial charge >= 0.3 is 0 Å². The van der Waals surface area contributed by atoms with Crippen molar-refractivity contribution in [2.45, 2.75) is 45.7 Å². The molecule has 0 saturated heterocycles. The molecule has 128 valence electrons. The Labute approximate surface area is 148 Å². The van der Waals surface area contributed by atoms with Crippen molar-refractivity contribution in [1.29, 1.82) is 0 Å². The Hall–Kier alpha value is -2.69. The summed E-state index contributed by atoms with van der Waals surface area (Å²) in [5, 5.41) is 3.52. The van der Waals surface area contributed by atoms with Crippen LogP contribution in [0.5, 0.6) is 0 Å². The summed E-state index contributed by atoms with van der Waals surface area (Å²) >= 11 is 0. The van der Waals surface area contributed by atoms with E-state index in [0.29, 0.717) is 0 Å². The molecule has 1 aromatic carbocycles. The highest BCUT2D eigenvalue weighted by Gasteiger charge is 2.13. The standard InChI is InChI=1S/C20H23N5/c1-14-18(11-21-13-22-14)15(2)23-17-8-6-16(7-9-17)19-12-25-10-4-3-5-20(25)24-19/h6-9,11-13,15,23H,3-5,10H2,1-2H3. The molecule has 0 aliphatic carbocycles. The van der Waals surface area contributed by atoms with Crippen LogP contribution in [0, 0.1) is 6.92 Å². The summed E-state index contributed by atoms with van der Waals surface area (Å²) in [5.74, 6) is 1.22. The molecule has 3 aromatic rings. The number of fused-ring (bicyclic) bond motifs is 1. The minimum absolute atomic E-state index is 0.159. The number of aryl methyl sites for hydroxylation is 3. The van der Waals surface area contributed by atoms with Crippen LogP contribution in [0.3, 0.4) is 0 Å². The van der Waals surface area contributed by atoms with Gasteiger partial charge in [0, 0.05) is 47.9 Å². The lowest BCUT2D eigenvalue weighted by molar-refractivity contribution is 0.522. The highest BCUT2D eigenvalue weighted by atomic mass is 15.1. The highest BCUT2D eigenvalue weighted by molar-refractivity contribution is 5.62. The monoisotopic (exact) mass is 333 g/mol. The molecule has 0 saturated carbocycles. The molecule has 4 rings (SSSR count). The summed E-state index contributed by atoms with van der Waals surface area (Å²) in [5.41, 5.74) is 5.45. The van der Waals surface area contributed by atoms with Crippen molar-refractivity contribution in [3.63, 3.8) is 0 Å². The van der Waals surface area contributed by atoms with Crippen LogP contribution in [0.15, 0.2) is 43.0 Å². The summed E-state index contributed by atoms with van der Waals surface area (Å²) in [6, 6.07) is 8.66. The van der Waals surface area contributed by atoms with E-state index in [4.69, 9.17) is 4.98 Å². The second-order valence-corrected chi connectivity index (χ2v) is 6.70. The molecule has 25 heavy (non-hydrogen) atoms. The summed E-state index contributed by atoms with van der Waals surface area (Å²) in [7, 11) is 0. The Morgan fingerprint density at radius 3 is 2.76 bits per heavy atom. The third kappa shape index (κ3) is 3.27. The molecule has 1 atom stereocenters. The highest BCUT2D eigenvalue weighted by Crippen LogP contribution is 2.25. The van der Waals surface area contributed by atoms with Crippen molar-refractivity contribution in [3.05, 3.63) is 60.1 Å². The van der Waals surface area contributed by atoms with Crippen LogP contribution in [-0.4, -0.2) is 19.5 Å². The molecule has 1 aliphatic heterocycles. The molecule has 0 fully saturated rings. The number of hydrogen-bond donors (Lipinski definition) is 1. The lowest BCUT2D eigenvalue weighted by Crippen LogP contribution is -2.09. The van der Waals surface area contributed by atoms with Crippen molar-refractivity contribution in [3.8, 4) is 11.3 Å². The van der Waals surface area contributed by atoms with Gasteiger partial charge in [-0.05, 0) is 38.8 Å². The largest absolute Gasteiger partial charge is 0.378 e. The van der Waals surface area contributed by atoms with Crippen LogP contribution in [0.25, 0.3) is 11.3 Å². The van der Waals surface area contributed by atoms with Crippen molar-refractivity contribution >= 4 is 5.69 Å². The number of aromatic nitrogens is 4. The molecular weight excluding hydrogens is 310 g/mol. The Morgan fingerprint density at radius 2 is 2.00 bits per heavy atom. The third-order valence-corrected chi connectivity index (χ3v) is 4.89. The summed E-state index contributed by atoms with van der Waals surface area (Å²) < 4.78 is 2.30. The molecule has 0 spiro atoms. The first-order valence-electron chi connectivity index (χ1n) is 8.90. The maximum absolute atomic E-state index is 4.80. The van der Waals surface area contributed by atoms with E-state index in [1.165, 1.54) is 24.2 Å². The van der Waals surface area contributed by atoms with Gasteiger partial charge in [-0.1, -0.05) is 12.1 Å². The van der Waals surface area contributed by atoms with Gasteiger partial charge in [0.25, 0.3) is 0 Å². The molecule has 2 aromatic heterocycles. The first-order valence-corrected chi connectivity index (χ1v) is 8.90. The second-order valence-electron chi connectivity index (χ2n) is 6.70. The van der Waals surface area contributed by atoms with E-state index in [-0.39, 0.29) is 6.04 Å². The van der Waals surface area contributed by atoms with Crippen LogP contribution >= 0.6 is 0 Å². The fourth-order valence-electron chi connectivity index (χ4n) is 3.44. The number of hydrogen-bond acceptors (Lipinski definition) is 4. The first kappa shape index (κ1) is 15.8. The van der Waals surface area contributed by atoms with Gasteiger partial charge in [-0.2, -0.15) is 0 Å². The van der Waals surface area contributed by atoms with E-state index in [9.17, 15) is 0 Å². The molecule has 0 radical (unpaired) electrons. The number of nitrogens with zero attached hydrogens (tertiary/aromatic N) is 4. The predicted molar refractivity (Wildman–Crippen MR) is 99.4 cm³/mol. The van der Waals surface area contributed by atoms with E-state index in [0.717, 1.165) is 35.6 Å². The fourth-order valence-corrected chi connectivity index (χ4v) is 3.44. The number of imidazole rings is 1. The zero-order valence-corrected chi connectivity index (χ0v) is 14.7. The zero-order valence-electron chi connectivity index (χ0n) is 14.7. The van der Waals surface area contributed by atoms with Crippen LogP contribution in [0.4, 0.5) is 5.69 Å². The van der Waals surface area contributed by atoms with Gasteiger partial charge in [0.05, 0.1) is 11.7 Å². The topological polar surface area (TPSA) is 55.6 Å². The molecule has 3 heterocycles. The number of nitrogens with one attached hydrogen (secondary N) is 1. The zero-order chi connectivity index (χ0) is 17.2. The fraction of sp³-hybridized carbons (Fsp3) is 0.350. The molecule has 5 heteroatoms. The molecular formula is C20H23N5. The predicted octanol–water partition coefficient (Wildman–Crippen LogP) is 4.16. The van der Waals surface area contributed by atoms with E-state index in [1.54, 1.807) is 6.33 Å². The van der Waals surface area contributed by atoms with Crippen molar-refractivity contribution in [1.82, 2.24) is 19.5 Å². The van der Waals surface area contributed by atoms with Gasteiger partial charge in [0.1, 0.15) is 12.2 Å². The van der Waals surface area contributed by atoms with Crippen LogP contribution in [0.1, 0.15) is 42.9 Å². The maximum Gasteiger partial charge on any atom is 0.115 e. The van der Waals surface area contributed by atoms with E-state index in [2.05, 4.69) is 57.2 Å². The lowest BCUT2D eigenvalue weighted by Gasteiger charge is -2.16. The number of benzene rings is 1. The number of rotatable bonds is 4. The number of anilines is 1.